The summed E-state index contributed by atoms with van der Waals surface area (Å²) in [5.74, 6) is -0.799. The lowest BCUT2D eigenvalue weighted by Crippen LogP contribution is -2.05. The van der Waals surface area contributed by atoms with Crippen LogP contribution in [0.15, 0.2) is 36.7 Å². The fraction of sp³-hybridized carbons (Fsp3) is 0.176. The van der Waals surface area contributed by atoms with Gasteiger partial charge in [0.1, 0.15) is 10.7 Å². The molecule has 0 unspecified atom stereocenters. The van der Waals surface area contributed by atoms with Crippen molar-refractivity contribution in [2.24, 2.45) is 0 Å². The van der Waals surface area contributed by atoms with Crippen LogP contribution in [-0.2, 0) is 4.74 Å². The number of benzene rings is 1. The summed E-state index contributed by atoms with van der Waals surface area (Å²) < 4.78 is 20.1. The summed E-state index contributed by atoms with van der Waals surface area (Å²) in [6.07, 6.45) is 3.31. The molecular weight excluding hydrogens is 315 g/mol. The minimum absolute atomic E-state index is 0.281. The lowest BCUT2D eigenvalue weighted by molar-refractivity contribution is 0.0533. The average Bonchev–Trinajstić information content (AvgIpc) is 2.89. The van der Waals surface area contributed by atoms with E-state index < -0.39 is 5.97 Å². The van der Waals surface area contributed by atoms with Gasteiger partial charge in [0, 0.05) is 22.5 Å². The first-order chi connectivity index (χ1) is 11.1. The number of esters is 1. The molecule has 0 radical (unpaired) electrons. The predicted octanol–water partition coefficient (Wildman–Crippen LogP) is 4.66. The molecule has 6 heteroatoms. The second kappa shape index (κ2) is 6.34. The third kappa shape index (κ3) is 3.03. The van der Waals surface area contributed by atoms with Crippen LogP contribution in [0.5, 0.6) is 0 Å². The van der Waals surface area contributed by atoms with Crippen molar-refractivity contribution in [2.75, 3.05) is 11.9 Å². The second-order valence-corrected chi connectivity index (χ2v) is 6.06. The molecule has 0 atom stereocenters. The molecule has 4 nitrogen and oxygen atoms in total. The molecule has 3 rings (SSSR count). The maximum Gasteiger partial charge on any atom is 0.350 e. The van der Waals surface area contributed by atoms with Crippen molar-refractivity contribution >= 4 is 38.8 Å². The number of aromatic nitrogens is 1. The molecule has 0 fully saturated rings. The number of halogens is 1. The monoisotopic (exact) mass is 330 g/mol. The van der Waals surface area contributed by atoms with E-state index >= 15 is 0 Å². The van der Waals surface area contributed by atoms with Gasteiger partial charge in [0.05, 0.1) is 18.0 Å². The van der Waals surface area contributed by atoms with Crippen molar-refractivity contribution in [1.29, 1.82) is 0 Å². The summed E-state index contributed by atoms with van der Waals surface area (Å²) in [6.45, 7) is 3.85. The maximum atomic E-state index is 14.1. The quantitative estimate of drug-likeness (QED) is 0.707. The summed E-state index contributed by atoms with van der Waals surface area (Å²) in [5, 5.41) is 3.79. The Hall–Kier alpha value is -2.47. The molecule has 0 aliphatic rings. The van der Waals surface area contributed by atoms with Crippen LogP contribution in [0.25, 0.3) is 10.1 Å². The molecule has 2 heterocycles. The molecule has 118 valence electrons. The highest BCUT2D eigenvalue weighted by Crippen LogP contribution is 2.38. The molecule has 0 aliphatic heterocycles. The highest BCUT2D eigenvalue weighted by molar-refractivity contribution is 7.21. The number of aryl methyl sites for hydroxylation is 1. The number of anilines is 2. The Morgan fingerprint density at radius 1 is 1.39 bits per heavy atom. The Kier molecular flexibility index (Phi) is 4.25. The third-order valence-electron chi connectivity index (χ3n) is 3.33. The first kappa shape index (κ1) is 15.4. The van der Waals surface area contributed by atoms with E-state index in [2.05, 4.69) is 10.3 Å². The largest absolute Gasteiger partial charge is 0.462 e. The van der Waals surface area contributed by atoms with Crippen molar-refractivity contribution in [3.8, 4) is 0 Å². The van der Waals surface area contributed by atoms with Crippen LogP contribution in [0.4, 0.5) is 15.8 Å². The Morgan fingerprint density at radius 2 is 2.22 bits per heavy atom. The number of ether oxygens (including phenoxy) is 1. The van der Waals surface area contributed by atoms with Crippen LogP contribution in [-0.4, -0.2) is 17.6 Å². The molecule has 1 aromatic carbocycles. The fourth-order valence-electron chi connectivity index (χ4n) is 2.26. The van der Waals surface area contributed by atoms with E-state index in [1.54, 1.807) is 25.4 Å². The van der Waals surface area contributed by atoms with Gasteiger partial charge in [-0.05, 0) is 37.6 Å². The smallest absolute Gasteiger partial charge is 0.350 e. The number of carbonyl (C=O) groups is 1. The van der Waals surface area contributed by atoms with Gasteiger partial charge in [-0.3, -0.25) is 4.98 Å². The van der Waals surface area contributed by atoms with Gasteiger partial charge in [-0.15, -0.1) is 11.3 Å². The summed E-state index contributed by atoms with van der Waals surface area (Å²) in [7, 11) is 0. The molecular formula is C17H15FN2O2S. The van der Waals surface area contributed by atoms with Gasteiger partial charge in [0.15, 0.2) is 0 Å². The van der Waals surface area contributed by atoms with Crippen molar-refractivity contribution in [1.82, 2.24) is 4.98 Å². The molecule has 0 amide bonds. The Morgan fingerprint density at radius 3 is 2.96 bits per heavy atom. The molecule has 0 saturated carbocycles. The summed E-state index contributed by atoms with van der Waals surface area (Å²) >= 11 is 1.30. The zero-order valence-electron chi connectivity index (χ0n) is 12.7. The summed E-state index contributed by atoms with van der Waals surface area (Å²) in [5.41, 5.74) is 1.67. The topological polar surface area (TPSA) is 51.2 Å². The maximum absolute atomic E-state index is 14.1. The van der Waals surface area contributed by atoms with Crippen LogP contribution < -0.4 is 5.32 Å². The predicted molar refractivity (Wildman–Crippen MR) is 90.0 cm³/mol. The zero-order chi connectivity index (χ0) is 16.4. The second-order valence-electron chi connectivity index (χ2n) is 5.01. The van der Waals surface area contributed by atoms with Gasteiger partial charge >= 0.3 is 5.97 Å². The number of hydrogen-bond acceptors (Lipinski definition) is 5. The molecule has 0 spiro atoms. The standard InChI is InChI=1S/C17H15FN2O2S/c1-3-22-17(21)16-15(11-9-19-7-6-14(11)23-16)20-13-5-4-10(2)8-12(13)18/h4-9,20H,3H2,1-2H3. The minimum atomic E-state index is -0.427. The van der Waals surface area contributed by atoms with Crippen molar-refractivity contribution in [3.05, 3.63) is 52.9 Å². The number of pyridine rings is 1. The van der Waals surface area contributed by atoms with Gasteiger partial charge in [-0.25, -0.2) is 9.18 Å². The van der Waals surface area contributed by atoms with Crippen LogP contribution in [0.1, 0.15) is 22.2 Å². The average molecular weight is 330 g/mol. The van der Waals surface area contributed by atoms with E-state index in [1.165, 1.54) is 17.4 Å². The van der Waals surface area contributed by atoms with Crippen LogP contribution in [0, 0.1) is 12.7 Å². The van der Waals surface area contributed by atoms with E-state index in [0.717, 1.165) is 15.6 Å². The van der Waals surface area contributed by atoms with Gasteiger partial charge in [0.2, 0.25) is 0 Å². The van der Waals surface area contributed by atoms with Crippen molar-refractivity contribution in [2.45, 2.75) is 13.8 Å². The van der Waals surface area contributed by atoms with E-state index in [1.807, 2.05) is 19.1 Å². The van der Waals surface area contributed by atoms with Gasteiger partial charge in [-0.2, -0.15) is 0 Å². The summed E-state index contributed by atoms with van der Waals surface area (Å²) in [6, 6.07) is 6.72. The lowest BCUT2D eigenvalue weighted by Gasteiger charge is -2.09. The molecule has 23 heavy (non-hydrogen) atoms. The fourth-order valence-corrected chi connectivity index (χ4v) is 3.28. The van der Waals surface area contributed by atoms with Crippen molar-refractivity contribution < 1.29 is 13.9 Å². The Labute approximate surface area is 136 Å². The number of thiophene rings is 1. The minimum Gasteiger partial charge on any atom is -0.462 e. The molecule has 0 saturated heterocycles. The molecule has 0 aliphatic carbocycles. The van der Waals surface area contributed by atoms with E-state index in [0.29, 0.717) is 16.3 Å². The first-order valence-electron chi connectivity index (χ1n) is 7.17. The van der Waals surface area contributed by atoms with Crippen LogP contribution in [0.3, 0.4) is 0 Å². The van der Waals surface area contributed by atoms with E-state index in [4.69, 9.17) is 4.74 Å². The highest BCUT2D eigenvalue weighted by atomic mass is 32.1. The highest BCUT2D eigenvalue weighted by Gasteiger charge is 2.20. The van der Waals surface area contributed by atoms with Gasteiger partial charge < -0.3 is 10.1 Å². The van der Waals surface area contributed by atoms with Crippen LogP contribution in [0.2, 0.25) is 0 Å². The first-order valence-corrected chi connectivity index (χ1v) is 7.98. The zero-order valence-corrected chi connectivity index (χ0v) is 13.5. The SMILES string of the molecule is CCOC(=O)c1sc2ccncc2c1Nc1ccc(C)cc1F. The number of rotatable bonds is 4. The molecule has 0 bridgehead atoms. The Bertz CT molecular complexity index is 876. The Balaban J connectivity index is 2.10. The van der Waals surface area contributed by atoms with E-state index in [9.17, 15) is 9.18 Å². The third-order valence-corrected chi connectivity index (χ3v) is 4.49. The number of carbonyl (C=O) groups excluding carboxylic acids is 1. The van der Waals surface area contributed by atoms with E-state index in [-0.39, 0.29) is 12.4 Å². The number of nitrogens with zero attached hydrogens (tertiary/aromatic N) is 1. The van der Waals surface area contributed by atoms with Gasteiger partial charge in [0.25, 0.3) is 0 Å². The summed E-state index contributed by atoms with van der Waals surface area (Å²) in [4.78, 5) is 16.7. The van der Waals surface area contributed by atoms with Crippen LogP contribution >= 0.6 is 11.3 Å². The number of fused-ring (bicyclic) bond motifs is 1. The lowest BCUT2D eigenvalue weighted by atomic mass is 10.2. The number of nitrogens with one attached hydrogen (secondary N) is 1. The van der Waals surface area contributed by atoms with Crippen molar-refractivity contribution in [3.63, 3.8) is 0 Å². The molecule has 1 N–H and O–H groups in total. The number of hydrogen-bond donors (Lipinski definition) is 1. The normalized spacial score (nSPS) is 10.7. The van der Waals surface area contributed by atoms with Gasteiger partial charge in [-0.1, -0.05) is 6.07 Å². The molecule has 2 aromatic heterocycles. The molecule has 3 aromatic rings.